The second-order valence-electron chi connectivity index (χ2n) is 8.66. The maximum Gasteiger partial charge on any atom is 0.508 e. The number of allylic oxidation sites excluding steroid dienone is 1. The van der Waals surface area contributed by atoms with E-state index < -0.39 is 48.2 Å². The van der Waals surface area contributed by atoms with Crippen molar-refractivity contribution in [3.05, 3.63) is 12.2 Å². The predicted octanol–water partition coefficient (Wildman–Crippen LogP) is 0.961. The third kappa shape index (κ3) is 12.1. The number of ether oxygens (including phenoxy) is 3. The van der Waals surface area contributed by atoms with Crippen molar-refractivity contribution < 1.29 is 43.9 Å². The number of hydrogen-bond donors (Lipinski definition) is 4. The van der Waals surface area contributed by atoms with Gasteiger partial charge in [0.05, 0.1) is 13.2 Å². The Morgan fingerprint density at radius 2 is 1.62 bits per heavy atom. The van der Waals surface area contributed by atoms with Crippen LogP contribution in [0.4, 0.5) is 4.79 Å². The fourth-order valence-corrected chi connectivity index (χ4v) is 2.56. The van der Waals surface area contributed by atoms with Crippen LogP contribution in [0.3, 0.4) is 0 Å². The molecule has 0 heterocycles. The van der Waals surface area contributed by atoms with Gasteiger partial charge in [0.1, 0.15) is 31.0 Å². The summed E-state index contributed by atoms with van der Waals surface area (Å²) in [6, 6.07) is 0. The largest absolute Gasteiger partial charge is 0.508 e. The molecule has 0 aromatic carbocycles. The first-order chi connectivity index (χ1) is 14.8. The SMILES string of the molecule is CCCOC(=O)OCCNC(=O)[C@H](C)CC(=O)[C@H](OC)[C@H](O)[C@@H](O)[C@H](O)/C=C/C(C)(C)C. The molecule has 0 rings (SSSR count). The Hall–Kier alpha value is -2.01. The zero-order valence-electron chi connectivity index (χ0n) is 19.9. The minimum Gasteiger partial charge on any atom is -0.434 e. The molecule has 0 bridgehead atoms. The van der Waals surface area contributed by atoms with Crippen LogP contribution in [0.5, 0.6) is 0 Å². The standard InChI is InChI=1S/C22H39NO9/c1-7-11-31-21(29)32-12-10-23-20(28)14(2)13-16(25)19(30-6)18(27)17(26)15(24)8-9-22(3,4)5/h8-9,14-15,17-19,24,26-27H,7,10-13H2,1-6H3,(H,23,28)/b9-8+/t14-,15-,17+,18-,19+/m1/s1. The van der Waals surface area contributed by atoms with Gasteiger partial charge in [-0.3, -0.25) is 9.59 Å². The van der Waals surface area contributed by atoms with Crippen LogP contribution in [-0.2, 0) is 23.8 Å². The number of nitrogens with one attached hydrogen (secondary N) is 1. The van der Waals surface area contributed by atoms with Gasteiger partial charge in [-0.05, 0) is 11.8 Å². The van der Waals surface area contributed by atoms with Crippen LogP contribution in [0.15, 0.2) is 12.2 Å². The summed E-state index contributed by atoms with van der Waals surface area (Å²) in [6.45, 7) is 9.26. The lowest BCUT2D eigenvalue weighted by atomic mass is 9.92. The molecule has 0 aliphatic heterocycles. The number of aliphatic hydroxyl groups excluding tert-OH is 3. The molecule has 0 saturated carbocycles. The van der Waals surface area contributed by atoms with Gasteiger partial charge in [-0.15, -0.1) is 0 Å². The molecule has 0 unspecified atom stereocenters. The van der Waals surface area contributed by atoms with E-state index in [-0.39, 0.29) is 31.6 Å². The Balaban J connectivity index is 4.65. The lowest BCUT2D eigenvalue weighted by molar-refractivity contribution is -0.149. The maximum atomic E-state index is 12.5. The molecular formula is C22H39NO9. The van der Waals surface area contributed by atoms with E-state index in [0.717, 1.165) is 0 Å². The second kappa shape index (κ2) is 14.9. The molecule has 0 radical (unpaired) electrons. The number of Topliss-reactive ketones (excluding diaryl/α,β-unsaturated/α-hetero) is 1. The molecule has 0 fully saturated rings. The molecule has 10 nitrogen and oxygen atoms in total. The molecule has 186 valence electrons. The highest BCUT2D eigenvalue weighted by molar-refractivity contribution is 5.89. The minimum atomic E-state index is -1.69. The fourth-order valence-electron chi connectivity index (χ4n) is 2.56. The van der Waals surface area contributed by atoms with Gasteiger partial charge in [-0.2, -0.15) is 0 Å². The normalized spacial score (nSPS) is 16.7. The Bertz CT molecular complexity index is 615. The smallest absolute Gasteiger partial charge is 0.434 e. The third-order valence-corrected chi connectivity index (χ3v) is 4.37. The van der Waals surface area contributed by atoms with Crippen LogP contribution in [0.2, 0.25) is 0 Å². The van der Waals surface area contributed by atoms with E-state index in [0.29, 0.717) is 6.42 Å². The Morgan fingerprint density at radius 1 is 1.03 bits per heavy atom. The summed E-state index contributed by atoms with van der Waals surface area (Å²) < 4.78 is 14.5. The maximum absolute atomic E-state index is 12.5. The van der Waals surface area contributed by atoms with Gasteiger partial charge in [-0.25, -0.2) is 4.79 Å². The highest BCUT2D eigenvalue weighted by Crippen LogP contribution is 2.18. The average molecular weight is 462 g/mol. The molecule has 0 aromatic heterocycles. The Labute approximate surface area is 189 Å². The van der Waals surface area contributed by atoms with Crippen molar-refractivity contribution in [1.82, 2.24) is 5.32 Å². The van der Waals surface area contributed by atoms with Crippen LogP contribution in [0, 0.1) is 11.3 Å². The van der Waals surface area contributed by atoms with Gasteiger partial charge in [0, 0.05) is 19.4 Å². The van der Waals surface area contributed by atoms with Crippen LogP contribution in [0.1, 0.15) is 47.5 Å². The Kier molecular flexibility index (Phi) is 14.0. The molecule has 10 heteroatoms. The second-order valence-corrected chi connectivity index (χ2v) is 8.66. The predicted molar refractivity (Wildman–Crippen MR) is 117 cm³/mol. The quantitative estimate of drug-likeness (QED) is 0.168. The van der Waals surface area contributed by atoms with Gasteiger partial charge < -0.3 is 34.8 Å². The van der Waals surface area contributed by atoms with Gasteiger partial charge in [0.15, 0.2) is 5.78 Å². The van der Waals surface area contributed by atoms with Gasteiger partial charge in [0.25, 0.3) is 0 Å². The lowest BCUT2D eigenvalue weighted by Crippen LogP contribution is -2.48. The number of methoxy groups -OCH3 is 1. The Morgan fingerprint density at radius 3 is 2.16 bits per heavy atom. The first-order valence-corrected chi connectivity index (χ1v) is 10.7. The summed E-state index contributed by atoms with van der Waals surface area (Å²) in [6.07, 6.45) is -3.56. The molecule has 1 amide bonds. The minimum absolute atomic E-state index is 0.0416. The van der Waals surface area contributed by atoms with Gasteiger partial charge in [0.2, 0.25) is 5.91 Å². The van der Waals surface area contributed by atoms with Crippen molar-refractivity contribution in [3.8, 4) is 0 Å². The summed E-state index contributed by atoms with van der Waals surface area (Å²) in [5.41, 5.74) is -0.244. The molecule has 0 aromatic rings. The number of rotatable bonds is 14. The molecule has 0 aliphatic rings. The van der Waals surface area contributed by atoms with E-state index in [2.05, 4.69) is 5.32 Å². The molecule has 0 saturated heterocycles. The van der Waals surface area contributed by atoms with Crippen molar-refractivity contribution in [2.24, 2.45) is 11.3 Å². The zero-order valence-corrected chi connectivity index (χ0v) is 19.9. The molecular weight excluding hydrogens is 422 g/mol. The number of ketones is 1. The van der Waals surface area contributed by atoms with Crippen LogP contribution < -0.4 is 5.32 Å². The molecule has 4 N–H and O–H groups in total. The average Bonchev–Trinajstić information content (AvgIpc) is 2.72. The van der Waals surface area contributed by atoms with E-state index in [9.17, 15) is 29.7 Å². The van der Waals surface area contributed by atoms with Crippen molar-refractivity contribution >= 4 is 17.8 Å². The van der Waals surface area contributed by atoms with Crippen molar-refractivity contribution in [2.45, 2.75) is 71.9 Å². The van der Waals surface area contributed by atoms with E-state index in [1.165, 1.54) is 20.1 Å². The number of hydrogen-bond acceptors (Lipinski definition) is 9. The third-order valence-electron chi connectivity index (χ3n) is 4.37. The molecule has 32 heavy (non-hydrogen) atoms. The highest BCUT2D eigenvalue weighted by Gasteiger charge is 2.36. The lowest BCUT2D eigenvalue weighted by Gasteiger charge is -2.27. The van der Waals surface area contributed by atoms with Crippen molar-refractivity contribution in [1.29, 1.82) is 0 Å². The topological polar surface area (TPSA) is 152 Å². The van der Waals surface area contributed by atoms with E-state index in [1.807, 2.05) is 27.7 Å². The first-order valence-electron chi connectivity index (χ1n) is 10.7. The molecule has 5 atom stereocenters. The summed E-state index contributed by atoms with van der Waals surface area (Å²) in [5.74, 6) is -1.82. The first kappa shape index (κ1) is 30.0. The summed E-state index contributed by atoms with van der Waals surface area (Å²) in [4.78, 5) is 35.9. The number of amides is 1. The van der Waals surface area contributed by atoms with Gasteiger partial charge in [-0.1, -0.05) is 46.8 Å². The number of carbonyl (C=O) groups excluding carboxylic acids is 3. The highest BCUT2D eigenvalue weighted by atomic mass is 16.7. The van der Waals surface area contributed by atoms with Crippen LogP contribution in [-0.4, -0.2) is 84.4 Å². The molecule has 0 aliphatic carbocycles. The van der Waals surface area contributed by atoms with E-state index in [1.54, 1.807) is 6.08 Å². The zero-order chi connectivity index (χ0) is 24.9. The monoisotopic (exact) mass is 461 g/mol. The summed E-state index contributed by atoms with van der Waals surface area (Å²) in [5, 5.41) is 33.2. The number of aliphatic hydroxyl groups is 3. The van der Waals surface area contributed by atoms with Gasteiger partial charge >= 0.3 is 6.16 Å². The van der Waals surface area contributed by atoms with Crippen molar-refractivity contribution in [3.63, 3.8) is 0 Å². The number of carbonyl (C=O) groups is 3. The van der Waals surface area contributed by atoms with Crippen LogP contribution in [0.25, 0.3) is 0 Å². The summed E-state index contributed by atoms with van der Waals surface area (Å²) in [7, 11) is 1.19. The van der Waals surface area contributed by atoms with E-state index >= 15 is 0 Å². The molecule has 0 spiro atoms. The van der Waals surface area contributed by atoms with Crippen molar-refractivity contribution in [2.75, 3.05) is 26.9 Å². The summed E-state index contributed by atoms with van der Waals surface area (Å²) >= 11 is 0. The fraction of sp³-hybridized carbons (Fsp3) is 0.773. The van der Waals surface area contributed by atoms with E-state index in [4.69, 9.17) is 14.2 Å². The van der Waals surface area contributed by atoms with Crippen LogP contribution >= 0.6 is 0 Å².